The second-order valence-corrected chi connectivity index (χ2v) is 4.14. The van der Waals surface area contributed by atoms with Gasteiger partial charge in [0.1, 0.15) is 0 Å². The van der Waals surface area contributed by atoms with Gasteiger partial charge < -0.3 is 19.8 Å². The Morgan fingerprint density at radius 3 is 2.88 bits per heavy atom. The Bertz CT molecular complexity index is 526. The molecule has 0 saturated heterocycles. The maximum Gasteiger partial charge on any atom is 0.231 e. The van der Waals surface area contributed by atoms with Crippen LogP contribution in [0.1, 0.15) is 5.69 Å². The van der Waals surface area contributed by atoms with E-state index in [0.29, 0.717) is 17.3 Å². The van der Waals surface area contributed by atoms with Crippen molar-refractivity contribution in [3.63, 3.8) is 0 Å². The SMILES string of the molecule is Clc1cc2c(cc1NCc1ccc[nH]1)OCO2. The smallest absolute Gasteiger partial charge is 0.231 e. The minimum absolute atomic E-state index is 0.256. The number of hydrogen-bond acceptors (Lipinski definition) is 3. The van der Waals surface area contributed by atoms with Crippen molar-refractivity contribution in [1.29, 1.82) is 0 Å². The van der Waals surface area contributed by atoms with E-state index in [0.717, 1.165) is 17.1 Å². The predicted molar refractivity (Wildman–Crippen MR) is 65.7 cm³/mol. The zero-order chi connectivity index (χ0) is 11.7. The standard InChI is InChI=1S/C12H11ClN2O2/c13-9-4-11-12(17-7-16-11)5-10(9)15-6-8-2-1-3-14-8/h1-5,14-15H,6-7H2. The molecule has 1 aromatic heterocycles. The van der Waals surface area contributed by atoms with E-state index < -0.39 is 0 Å². The molecule has 3 rings (SSSR count). The molecule has 0 unspecified atom stereocenters. The summed E-state index contributed by atoms with van der Waals surface area (Å²) in [5.41, 5.74) is 1.93. The number of fused-ring (bicyclic) bond motifs is 1. The fourth-order valence-electron chi connectivity index (χ4n) is 1.72. The maximum atomic E-state index is 6.14. The molecule has 4 nitrogen and oxygen atoms in total. The van der Waals surface area contributed by atoms with E-state index >= 15 is 0 Å². The number of ether oxygens (including phenoxy) is 2. The van der Waals surface area contributed by atoms with Crippen LogP contribution >= 0.6 is 11.6 Å². The van der Waals surface area contributed by atoms with Crippen LogP contribution in [-0.2, 0) is 6.54 Å². The van der Waals surface area contributed by atoms with Gasteiger partial charge in [-0.2, -0.15) is 0 Å². The van der Waals surface area contributed by atoms with Crippen LogP contribution in [0.5, 0.6) is 11.5 Å². The maximum absolute atomic E-state index is 6.14. The summed E-state index contributed by atoms with van der Waals surface area (Å²) in [6, 6.07) is 7.58. The Kier molecular flexibility index (Phi) is 2.57. The molecule has 1 aliphatic heterocycles. The molecular formula is C12H11ClN2O2. The van der Waals surface area contributed by atoms with Crippen molar-refractivity contribution in [2.75, 3.05) is 12.1 Å². The summed E-state index contributed by atoms with van der Waals surface area (Å²) in [6.45, 7) is 0.943. The van der Waals surface area contributed by atoms with Crippen LogP contribution in [0.15, 0.2) is 30.5 Å². The third-order valence-corrected chi connectivity index (χ3v) is 2.91. The number of anilines is 1. The van der Waals surface area contributed by atoms with E-state index in [9.17, 15) is 0 Å². The monoisotopic (exact) mass is 250 g/mol. The number of hydrogen-bond donors (Lipinski definition) is 2. The number of aromatic amines is 1. The van der Waals surface area contributed by atoms with Crippen molar-refractivity contribution in [2.24, 2.45) is 0 Å². The first-order valence-electron chi connectivity index (χ1n) is 5.28. The van der Waals surface area contributed by atoms with Crippen LogP contribution in [0.4, 0.5) is 5.69 Å². The third kappa shape index (κ3) is 2.03. The summed E-state index contributed by atoms with van der Waals surface area (Å²) < 4.78 is 10.5. The summed E-state index contributed by atoms with van der Waals surface area (Å²) in [5.74, 6) is 1.42. The number of benzene rings is 1. The lowest BCUT2D eigenvalue weighted by Gasteiger charge is -2.08. The lowest BCUT2D eigenvalue weighted by molar-refractivity contribution is 0.174. The average molecular weight is 251 g/mol. The van der Waals surface area contributed by atoms with Gasteiger partial charge in [0.2, 0.25) is 6.79 Å². The number of aromatic nitrogens is 1. The van der Waals surface area contributed by atoms with Crippen molar-refractivity contribution in [3.05, 3.63) is 41.2 Å². The normalized spacial score (nSPS) is 12.8. The topological polar surface area (TPSA) is 46.3 Å². The van der Waals surface area contributed by atoms with E-state index in [4.69, 9.17) is 21.1 Å². The van der Waals surface area contributed by atoms with Gasteiger partial charge in [-0.05, 0) is 12.1 Å². The molecule has 0 radical (unpaired) electrons. The largest absolute Gasteiger partial charge is 0.454 e. The quantitative estimate of drug-likeness (QED) is 0.880. The minimum Gasteiger partial charge on any atom is -0.454 e. The van der Waals surface area contributed by atoms with Gasteiger partial charge in [-0.1, -0.05) is 11.6 Å². The predicted octanol–water partition coefficient (Wildman–Crippen LogP) is 3.01. The van der Waals surface area contributed by atoms with E-state index in [2.05, 4.69) is 10.3 Å². The van der Waals surface area contributed by atoms with Gasteiger partial charge >= 0.3 is 0 Å². The van der Waals surface area contributed by atoms with E-state index in [-0.39, 0.29) is 6.79 Å². The van der Waals surface area contributed by atoms with Crippen molar-refractivity contribution < 1.29 is 9.47 Å². The molecule has 0 spiro atoms. The van der Waals surface area contributed by atoms with E-state index in [1.807, 2.05) is 24.4 Å². The van der Waals surface area contributed by atoms with Crippen molar-refractivity contribution in [1.82, 2.24) is 4.98 Å². The van der Waals surface area contributed by atoms with Crippen LogP contribution in [0.25, 0.3) is 0 Å². The summed E-state index contributed by atoms with van der Waals surface area (Å²) in [7, 11) is 0. The zero-order valence-corrected chi connectivity index (χ0v) is 9.75. The molecule has 0 fully saturated rings. The lowest BCUT2D eigenvalue weighted by Crippen LogP contribution is -2.00. The Labute approximate surface area is 104 Å². The first kappa shape index (κ1) is 10.4. The van der Waals surface area contributed by atoms with Gasteiger partial charge in [0.15, 0.2) is 11.5 Å². The highest BCUT2D eigenvalue weighted by molar-refractivity contribution is 6.33. The lowest BCUT2D eigenvalue weighted by atomic mass is 10.2. The highest BCUT2D eigenvalue weighted by Gasteiger charge is 2.16. The van der Waals surface area contributed by atoms with Crippen molar-refractivity contribution >= 4 is 17.3 Å². The molecule has 0 atom stereocenters. The van der Waals surface area contributed by atoms with Gasteiger partial charge in [0, 0.05) is 24.0 Å². The third-order valence-electron chi connectivity index (χ3n) is 2.59. The minimum atomic E-state index is 0.256. The molecule has 2 N–H and O–H groups in total. The van der Waals surface area contributed by atoms with E-state index in [1.54, 1.807) is 6.07 Å². The molecule has 2 heterocycles. The zero-order valence-electron chi connectivity index (χ0n) is 9.00. The summed E-state index contributed by atoms with van der Waals surface area (Å²) in [6.07, 6.45) is 1.89. The van der Waals surface area contributed by atoms with Gasteiger partial charge in [0.25, 0.3) is 0 Å². The molecule has 5 heteroatoms. The fourth-order valence-corrected chi connectivity index (χ4v) is 1.94. The molecule has 0 aliphatic carbocycles. The molecule has 17 heavy (non-hydrogen) atoms. The van der Waals surface area contributed by atoms with Crippen molar-refractivity contribution in [3.8, 4) is 11.5 Å². The highest BCUT2D eigenvalue weighted by atomic mass is 35.5. The van der Waals surface area contributed by atoms with Crippen LogP contribution in [0, 0.1) is 0 Å². The molecule has 1 aliphatic rings. The highest BCUT2D eigenvalue weighted by Crippen LogP contribution is 2.39. The fraction of sp³-hybridized carbons (Fsp3) is 0.167. The molecular weight excluding hydrogens is 240 g/mol. The summed E-state index contributed by atoms with van der Waals surface area (Å²) in [5, 5.41) is 3.87. The Hall–Kier alpha value is -1.81. The van der Waals surface area contributed by atoms with Gasteiger partial charge in [-0.25, -0.2) is 0 Å². The van der Waals surface area contributed by atoms with Gasteiger partial charge in [0.05, 0.1) is 17.3 Å². The second-order valence-electron chi connectivity index (χ2n) is 3.73. The van der Waals surface area contributed by atoms with Gasteiger partial charge in [-0.3, -0.25) is 0 Å². The molecule has 0 saturated carbocycles. The number of rotatable bonds is 3. The molecule has 88 valence electrons. The second kappa shape index (κ2) is 4.22. The summed E-state index contributed by atoms with van der Waals surface area (Å²) in [4.78, 5) is 3.12. The number of H-pyrrole nitrogens is 1. The molecule has 2 aromatic rings. The first-order valence-corrected chi connectivity index (χ1v) is 5.66. The number of nitrogens with one attached hydrogen (secondary N) is 2. The van der Waals surface area contributed by atoms with Crippen LogP contribution < -0.4 is 14.8 Å². The number of halogens is 1. The first-order chi connectivity index (χ1) is 8.33. The molecule has 0 bridgehead atoms. The van der Waals surface area contributed by atoms with Crippen LogP contribution in [-0.4, -0.2) is 11.8 Å². The Morgan fingerprint density at radius 2 is 2.12 bits per heavy atom. The van der Waals surface area contributed by atoms with Crippen molar-refractivity contribution in [2.45, 2.75) is 6.54 Å². The Balaban J connectivity index is 1.79. The van der Waals surface area contributed by atoms with Gasteiger partial charge in [-0.15, -0.1) is 0 Å². The van der Waals surface area contributed by atoms with E-state index in [1.165, 1.54) is 0 Å². The molecule has 0 amide bonds. The molecule has 1 aromatic carbocycles. The Morgan fingerprint density at radius 1 is 1.29 bits per heavy atom. The van der Waals surface area contributed by atoms with Crippen LogP contribution in [0.3, 0.4) is 0 Å². The average Bonchev–Trinajstić information content (AvgIpc) is 2.95. The summed E-state index contributed by atoms with van der Waals surface area (Å²) >= 11 is 6.14. The van der Waals surface area contributed by atoms with Crippen LogP contribution in [0.2, 0.25) is 5.02 Å².